The first-order valence-corrected chi connectivity index (χ1v) is 10.7. The van der Waals surface area contributed by atoms with E-state index in [9.17, 15) is 14.7 Å². The number of carboxylic acid groups (broad SMARTS) is 1. The van der Waals surface area contributed by atoms with Crippen molar-refractivity contribution in [3.63, 3.8) is 0 Å². The Bertz CT molecular complexity index is 697. The maximum absolute atomic E-state index is 13.1. The third kappa shape index (κ3) is 6.34. The Balaban J connectivity index is 1.79. The average Bonchev–Trinajstić information content (AvgIpc) is 2.65. The predicted octanol–water partition coefficient (Wildman–Crippen LogP) is 3.43. The molecule has 0 aromatic heterocycles. The number of rotatable bonds is 7. The Morgan fingerprint density at radius 1 is 1.10 bits per heavy atom. The molecule has 8 heteroatoms. The Kier molecular flexibility index (Phi) is 7.94. The van der Waals surface area contributed by atoms with Gasteiger partial charge < -0.3 is 20.1 Å². The number of halogens is 1. The van der Waals surface area contributed by atoms with E-state index < -0.39 is 17.0 Å². The molecule has 162 valence electrons. The van der Waals surface area contributed by atoms with Crippen LogP contribution in [0.15, 0.2) is 28.7 Å². The quantitative estimate of drug-likeness (QED) is 0.597. The number of carbonyl (C=O) groups is 2. The molecule has 0 aliphatic carbocycles. The van der Waals surface area contributed by atoms with Gasteiger partial charge in [-0.05, 0) is 43.0 Å². The normalized spacial score (nSPS) is 17.5. The van der Waals surface area contributed by atoms with Gasteiger partial charge in [-0.1, -0.05) is 36.7 Å². The highest BCUT2D eigenvalue weighted by molar-refractivity contribution is 9.10. The number of amides is 2. The minimum atomic E-state index is -1.18. The van der Waals surface area contributed by atoms with Crippen molar-refractivity contribution in [3.05, 3.63) is 28.7 Å². The van der Waals surface area contributed by atoms with Gasteiger partial charge in [-0.15, -0.1) is 0 Å². The van der Waals surface area contributed by atoms with Gasteiger partial charge in [0.2, 0.25) is 5.91 Å². The van der Waals surface area contributed by atoms with Crippen molar-refractivity contribution in [2.24, 2.45) is 5.41 Å². The lowest BCUT2D eigenvalue weighted by atomic mass is 9.73. The molecule has 29 heavy (non-hydrogen) atoms. The number of nitrogens with one attached hydrogen (secondary N) is 1. The van der Waals surface area contributed by atoms with Gasteiger partial charge in [0.15, 0.2) is 0 Å². The minimum Gasteiger partial charge on any atom is -0.494 e. The Hall–Kier alpha value is -1.80. The van der Waals surface area contributed by atoms with Crippen LogP contribution in [-0.4, -0.2) is 71.8 Å². The molecule has 2 rings (SSSR count). The lowest BCUT2D eigenvalue weighted by Crippen LogP contribution is -2.66. The highest BCUT2D eigenvalue weighted by atomic mass is 79.9. The number of benzene rings is 1. The van der Waals surface area contributed by atoms with Gasteiger partial charge in [0.25, 0.3) is 0 Å². The number of nitrogens with zero attached hydrogens (tertiary/aromatic N) is 2. The molecular weight excluding hydrogens is 438 g/mol. The van der Waals surface area contributed by atoms with Crippen LogP contribution in [0.2, 0.25) is 0 Å². The maximum atomic E-state index is 13.1. The van der Waals surface area contributed by atoms with Crippen molar-refractivity contribution in [3.8, 4) is 5.75 Å². The molecular formula is C21H32BrN3O4. The monoisotopic (exact) mass is 469 g/mol. The summed E-state index contributed by atoms with van der Waals surface area (Å²) in [6.07, 6.45) is -0.273. The summed E-state index contributed by atoms with van der Waals surface area (Å²) in [5, 5.41) is 11.7. The molecule has 0 spiro atoms. The number of hydrogen-bond donors (Lipinski definition) is 2. The van der Waals surface area contributed by atoms with Crippen LogP contribution in [0.3, 0.4) is 0 Å². The highest BCUT2D eigenvalue weighted by Crippen LogP contribution is 2.32. The summed E-state index contributed by atoms with van der Waals surface area (Å²) in [6.45, 7) is 11.6. The van der Waals surface area contributed by atoms with Crippen molar-refractivity contribution in [2.45, 2.75) is 39.7 Å². The van der Waals surface area contributed by atoms with Crippen molar-refractivity contribution in [1.82, 2.24) is 15.1 Å². The zero-order valence-electron chi connectivity index (χ0n) is 17.7. The predicted molar refractivity (Wildman–Crippen MR) is 116 cm³/mol. The zero-order chi connectivity index (χ0) is 21.7. The van der Waals surface area contributed by atoms with E-state index in [1.165, 1.54) is 0 Å². The molecule has 1 aliphatic heterocycles. The molecule has 0 radical (unpaired) electrons. The number of carbonyl (C=O) groups excluding carboxylic acids is 1. The van der Waals surface area contributed by atoms with Crippen LogP contribution >= 0.6 is 15.9 Å². The zero-order valence-corrected chi connectivity index (χ0v) is 19.3. The fraction of sp³-hybridized carbons (Fsp3) is 0.619. The Labute approximate surface area is 181 Å². The molecule has 2 N–H and O–H groups in total. The fourth-order valence-electron chi connectivity index (χ4n) is 3.28. The smallest absolute Gasteiger partial charge is 0.405 e. The number of hydrogen-bond acceptors (Lipinski definition) is 4. The molecule has 1 fully saturated rings. The SMILES string of the molecule is CC(C)(C)[C@@](C)(NC(=O)O)C(=O)N1CCN(CCCOc2ccc(Br)cc2)CC1. The second kappa shape index (κ2) is 9.80. The van der Waals surface area contributed by atoms with Gasteiger partial charge in [0, 0.05) is 37.2 Å². The van der Waals surface area contributed by atoms with Crippen molar-refractivity contribution in [1.29, 1.82) is 0 Å². The maximum Gasteiger partial charge on any atom is 0.405 e. The molecule has 1 aromatic carbocycles. The van der Waals surface area contributed by atoms with Crippen LogP contribution in [0.25, 0.3) is 0 Å². The van der Waals surface area contributed by atoms with Gasteiger partial charge in [-0.3, -0.25) is 9.69 Å². The molecule has 0 saturated carbocycles. The second-order valence-corrected chi connectivity index (χ2v) is 9.51. The third-order valence-corrected chi connectivity index (χ3v) is 6.17. The first-order valence-electron chi connectivity index (χ1n) is 9.94. The molecule has 1 aliphatic rings. The molecule has 2 amide bonds. The summed E-state index contributed by atoms with van der Waals surface area (Å²) < 4.78 is 6.78. The Morgan fingerprint density at radius 3 is 2.21 bits per heavy atom. The van der Waals surface area contributed by atoms with Crippen molar-refractivity contribution >= 4 is 27.9 Å². The summed E-state index contributed by atoms with van der Waals surface area (Å²) >= 11 is 3.41. The van der Waals surface area contributed by atoms with E-state index in [2.05, 4.69) is 26.1 Å². The standard InChI is InChI=1S/C21H32BrN3O4/c1-20(2,3)21(4,23-19(27)28)18(26)25-13-11-24(12-14-25)10-5-15-29-17-8-6-16(22)7-9-17/h6-9,23H,5,10-15H2,1-4H3,(H,27,28)/t21-/m0/s1. The van der Waals surface area contributed by atoms with E-state index in [1.807, 2.05) is 45.0 Å². The second-order valence-electron chi connectivity index (χ2n) is 8.59. The van der Waals surface area contributed by atoms with Crippen molar-refractivity contribution < 1.29 is 19.4 Å². The first-order chi connectivity index (χ1) is 13.5. The molecule has 7 nitrogen and oxygen atoms in total. The summed E-state index contributed by atoms with van der Waals surface area (Å²) in [5.41, 5.74) is -1.70. The van der Waals surface area contributed by atoms with Crippen LogP contribution in [-0.2, 0) is 4.79 Å². The van der Waals surface area contributed by atoms with E-state index in [4.69, 9.17) is 4.74 Å². The lowest BCUT2D eigenvalue weighted by molar-refractivity contribution is -0.143. The summed E-state index contributed by atoms with van der Waals surface area (Å²) in [5.74, 6) is 0.696. The summed E-state index contributed by atoms with van der Waals surface area (Å²) in [7, 11) is 0. The van der Waals surface area contributed by atoms with Crippen LogP contribution < -0.4 is 10.1 Å². The van der Waals surface area contributed by atoms with E-state index >= 15 is 0 Å². The molecule has 1 atom stereocenters. The first kappa shape index (κ1) is 23.5. The number of ether oxygens (including phenoxy) is 1. The van der Waals surface area contributed by atoms with Crippen LogP contribution in [0, 0.1) is 5.41 Å². The van der Waals surface area contributed by atoms with Gasteiger partial charge in [-0.2, -0.15) is 0 Å². The van der Waals surface area contributed by atoms with Gasteiger partial charge in [-0.25, -0.2) is 4.79 Å². The largest absolute Gasteiger partial charge is 0.494 e. The van der Waals surface area contributed by atoms with Gasteiger partial charge in [0.1, 0.15) is 11.3 Å². The van der Waals surface area contributed by atoms with Gasteiger partial charge in [0.05, 0.1) is 6.61 Å². The van der Waals surface area contributed by atoms with E-state index in [0.717, 1.165) is 36.3 Å². The summed E-state index contributed by atoms with van der Waals surface area (Å²) in [4.78, 5) is 28.5. The average molecular weight is 470 g/mol. The van der Waals surface area contributed by atoms with Crippen molar-refractivity contribution in [2.75, 3.05) is 39.3 Å². The summed E-state index contributed by atoms with van der Waals surface area (Å²) in [6, 6.07) is 7.78. The molecule has 0 unspecified atom stereocenters. The van der Waals surface area contributed by atoms with E-state index in [0.29, 0.717) is 19.7 Å². The minimum absolute atomic E-state index is 0.161. The van der Waals surface area contributed by atoms with Crippen LogP contribution in [0.5, 0.6) is 5.75 Å². The van der Waals surface area contributed by atoms with E-state index in [1.54, 1.807) is 11.8 Å². The molecule has 1 heterocycles. The molecule has 1 aromatic rings. The van der Waals surface area contributed by atoms with Gasteiger partial charge >= 0.3 is 6.09 Å². The van der Waals surface area contributed by atoms with Crippen LogP contribution in [0.1, 0.15) is 34.1 Å². The topological polar surface area (TPSA) is 82.1 Å². The van der Waals surface area contributed by atoms with Crippen LogP contribution in [0.4, 0.5) is 4.79 Å². The molecule has 0 bridgehead atoms. The highest BCUT2D eigenvalue weighted by Gasteiger charge is 2.48. The Morgan fingerprint density at radius 2 is 1.69 bits per heavy atom. The van der Waals surface area contributed by atoms with E-state index in [-0.39, 0.29) is 5.91 Å². The number of piperazine rings is 1. The molecule has 1 saturated heterocycles. The fourth-order valence-corrected chi connectivity index (χ4v) is 3.54. The lowest BCUT2D eigenvalue weighted by Gasteiger charge is -2.45. The third-order valence-electron chi connectivity index (χ3n) is 5.65.